The maximum absolute atomic E-state index is 10.6. The summed E-state index contributed by atoms with van der Waals surface area (Å²) in [6.45, 7) is 8.14. The van der Waals surface area contributed by atoms with Gasteiger partial charge in [-0.2, -0.15) is 0 Å². The van der Waals surface area contributed by atoms with Crippen molar-refractivity contribution in [1.29, 1.82) is 0 Å². The molecule has 0 spiro atoms. The van der Waals surface area contributed by atoms with Gasteiger partial charge >= 0.3 is 0 Å². The predicted octanol–water partition coefficient (Wildman–Crippen LogP) is 3.45. The Hall–Kier alpha value is -0.560. The van der Waals surface area contributed by atoms with Crippen LogP contribution in [0.3, 0.4) is 0 Å². The number of allylic oxidation sites excluding steroid dienone is 1. The molecule has 0 aromatic heterocycles. The topological polar surface area (TPSA) is 20.2 Å². The summed E-state index contributed by atoms with van der Waals surface area (Å²) >= 11 is 0. The van der Waals surface area contributed by atoms with Gasteiger partial charge in [-0.1, -0.05) is 31.6 Å². The summed E-state index contributed by atoms with van der Waals surface area (Å²) in [5.74, 6) is 0.717. The Balaban J connectivity index is 2.39. The van der Waals surface area contributed by atoms with Crippen molar-refractivity contribution in [2.75, 3.05) is 0 Å². The molecule has 2 rings (SSSR count). The Morgan fingerprint density at radius 3 is 2.87 bits per heavy atom. The molecule has 1 heteroatoms. The largest absolute Gasteiger partial charge is 0.385 e. The van der Waals surface area contributed by atoms with Gasteiger partial charge in [-0.05, 0) is 38.0 Å². The summed E-state index contributed by atoms with van der Waals surface area (Å²) < 4.78 is 0. The van der Waals surface area contributed by atoms with Crippen molar-refractivity contribution >= 4 is 0 Å². The monoisotopic (exact) mass is 206 g/mol. The third-order valence-electron chi connectivity index (χ3n) is 4.58. The van der Waals surface area contributed by atoms with Gasteiger partial charge in [0.2, 0.25) is 0 Å². The van der Waals surface area contributed by atoms with E-state index in [1.54, 1.807) is 6.08 Å². The van der Waals surface area contributed by atoms with Crippen LogP contribution in [0.15, 0.2) is 24.3 Å². The molecule has 0 aromatic carbocycles. The molecule has 15 heavy (non-hydrogen) atoms. The van der Waals surface area contributed by atoms with E-state index in [1.165, 1.54) is 24.8 Å². The third-order valence-corrected chi connectivity index (χ3v) is 4.58. The lowest BCUT2D eigenvalue weighted by atomic mass is 9.57. The van der Waals surface area contributed by atoms with E-state index in [-0.39, 0.29) is 5.41 Å². The third kappa shape index (κ3) is 1.48. The quantitative estimate of drug-likeness (QED) is 0.651. The minimum Gasteiger partial charge on any atom is -0.385 e. The van der Waals surface area contributed by atoms with E-state index in [0.29, 0.717) is 5.92 Å². The van der Waals surface area contributed by atoms with Crippen LogP contribution in [0.5, 0.6) is 0 Å². The lowest BCUT2D eigenvalue weighted by Gasteiger charge is -2.51. The summed E-state index contributed by atoms with van der Waals surface area (Å²) in [7, 11) is 0. The van der Waals surface area contributed by atoms with Crippen LogP contribution >= 0.6 is 0 Å². The molecular weight excluding hydrogens is 184 g/mol. The number of aliphatic hydroxyl groups is 1. The van der Waals surface area contributed by atoms with Crippen molar-refractivity contribution < 1.29 is 5.11 Å². The van der Waals surface area contributed by atoms with E-state index >= 15 is 0 Å². The Labute approximate surface area is 92.9 Å². The minimum atomic E-state index is -0.702. The molecule has 0 aliphatic heterocycles. The van der Waals surface area contributed by atoms with Gasteiger partial charge in [0.05, 0.1) is 5.60 Å². The van der Waals surface area contributed by atoms with Crippen LogP contribution in [0.25, 0.3) is 0 Å². The van der Waals surface area contributed by atoms with Gasteiger partial charge in [-0.3, -0.25) is 0 Å². The Kier molecular flexibility index (Phi) is 2.54. The zero-order valence-electron chi connectivity index (χ0n) is 9.92. The van der Waals surface area contributed by atoms with Gasteiger partial charge < -0.3 is 5.11 Å². The molecule has 1 nitrogen and oxygen atoms in total. The highest BCUT2D eigenvalue weighted by molar-refractivity contribution is 5.29. The first-order valence-corrected chi connectivity index (χ1v) is 6.08. The zero-order chi connectivity index (χ0) is 11.1. The first-order valence-electron chi connectivity index (χ1n) is 6.08. The van der Waals surface area contributed by atoms with Gasteiger partial charge in [0.15, 0.2) is 0 Å². The molecular formula is C14H22O. The maximum atomic E-state index is 10.6. The molecule has 1 N–H and O–H groups in total. The van der Waals surface area contributed by atoms with Gasteiger partial charge in [-0.25, -0.2) is 0 Å². The van der Waals surface area contributed by atoms with E-state index in [4.69, 9.17) is 0 Å². The van der Waals surface area contributed by atoms with Crippen molar-refractivity contribution in [2.45, 2.75) is 51.6 Å². The van der Waals surface area contributed by atoms with E-state index in [1.807, 2.05) is 0 Å². The molecule has 2 atom stereocenters. The summed E-state index contributed by atoms with van der Waals surface area (Å²) in [5.41, 5.74) is 0.646. The molecule has 84 valence electrons. The second-order valence-electron chi connectivity index (χ2n) is 5.58. The van der Waals surface area contributed by atoms with Crippen molar-refractivity contribution in [3.63, 3.8) is 0 Å². The number of fused-ring (bicyclic) bond motifs is 1. The molecule has 0 amide bonds. The number of hydrogen-bond acceptors (Lipinski definition) is 1. The smallest absolute Gasteiger partial charge is 0.0912 e. The average molecular weight is 206 g/mol. The van der Waals surface area contributed by atoms with Crippen LogP contribution in [0.2, 0.25) is 0 Å². The highest BCUT2D eigenvalue weighted by Crippen LogP contribution is 2.53. The van der Waals surface area contributed by atoms with Crippen molar-refractivity contribution in [3.8, 4) is 0 Å². The van der Waals surface area contributed by atoms with Gasteiger partial charge in [0.1, 0.15) is 0 Å². The van der Waals surface area contributed by atoms with Crippen LogP contribution in [0.4, 0.5) is 0 Å². The fraction of sp³-hybridized carbons (Fsp3) is 0.714. The summed E-state index contributed by atoms with van der Waals surface area (Å²) in [6, 6.07) is 0. The average Bonchev–Trinajstić information content (AvgIpc) is 2.24. The molecule has 0 unspecified atom stereocenters. The Morgan fingerprint density at radius 2 is 2.20 bits per heavy atom. The van der Waals surface area contributed by atoms with E-state index < -0.39 is 5.60 Å². The van der Waals surface area contributed by atoms with E-state index in [0.717, 1.165) is 12.8 Å². The fourth-order valence-electron chi connectivity index (χ4n) is 3.32. The first kappa shape index (κ1) is 10.9. The maximum Gasteiger partial charge on any atom is 0.0912 e. The molecule has 0 heterocycles. The molecule has 1 fully saturated rings. The van der Waals surface area contributed by atoms with Crippen molar-refractivity contribution in [1.82, 2.24) is 0 Å². The van der Waals surface area contributed by atoms with Crippen LogP contribution in [-0.4, -0.2) is 10.7 Å². The number of hydrogen-bond donors (Lipinski definition) is 1. The van der Waals surface area contributed by atoms with Crippen molar-refractivity contribution in [2.24, 2.45) is 11.3 Å². The second-order valence-corrected chi connectivity index (χ2v) is 5.58. The molecule has 1 saturated carbocycles. The van der Waals surface area contributed by atoms with Crippen LogP contribution < -0.4 is 0 Å². The normalized spacial score (nSPS) is 39.1. The lowest BCUT2D eigenvalue weighted by molar-refractivity contribution is -0.0393. The molecule has 0 aromatic rings. The summed E-state index contributed by atoms with van der Waals surface area (Å²) in [6.07, 6.45) is 9.91. The molecule has 2 aliphatic rings. The standard InChI is InChI=1S/C14H22O/c1-4-14(15)10-9-11-7-5-6-8-12(11)13(14,2)3/h4,8,11,15H,1,5-7,9-10H2,2-3H3/t11-,14-/m1/s1. The number of rotatable bonds is 1. The summed E-state index contributed by atoms with van der Waals surface area (Å²) in [4.78, 5) is 0. The SMILES string of the molecule is C=C[C@@]1(O)CC[C@H]2CCCC=C2C1(C)C. The first-order chi connectivity index (χ1) is 7.01. The van der Waals surface area contributed by atoms with E-state index in [2.05, 4.69) is 26.5 Å². The van der Waals surface area contributed by atoms with Crippen LogP contribution in [0, 0.1) is 11.3 Å². The second kappa shape index (κ2) is 3.48. The molecule has 0 saturated heterocycles. The zero-order valence-corrected chi connectivity index (χ0v) is 9.92. The highest BCUT2D eigenvalue weighted by Gasteiger charge is 2.49. The van der Waals surface area contributed by atoms with Crippen LogP contribution in [-0.2, 0) is 0 Å². The molecule has 0 radical (unpaired) electrons. The lowest BCUT2D eigenvalue weighted by Crippen LogP contribution is -2.49. The van der Waals surface area contributed by atoms with Gasteiger partial charge in [-0.15, -0.1) is 6.58 Å². The predicted molar refractivity (Wildman–Crippen MR) is 63.6 cm³/mol. The van der Waals surface area contributed by atoms with E-state index in [9.17, 15) is 5.11 Å². The molecule has 0 bridgehead atoms. The Bertz CT molecular complexity index is 300. The minimum absolute atomic E-state index is 0.127. The van der Waals surface area contributed by atoms with Crippen LogP contribution in [0.1, 0.15) is 46.0 Å². The molecule has 2 aliphatic carbocycles. The Morgan fingerprint density at radius 1 is 1.47 bits per heavy atom. The van der Waals surface area contributed by atoms with Gasteiger partial charge in [0, 0.05) is 5.41 Å². The van der Waals surface area contributed by atoms with Crippen molar-refractivity contribution in [3.05, 3.63) is 24.3 Å². The van der Waals surface area contributed by atoms with Gasteiger partial charge in [0.25, 0.3) is 0 Å². The summed E-state index contributed by atoms with van der Waals surface area (Å²) in [5, 5.41) is 10.6. The fourth-order valence-corrected chi connectivity index (χ4v) is 3.32. The highest BCUT2D eigenvalue weighted by atomic mass is 16.3.